The number of nitrogens with zero attached hydrogens (tertiary/aromatic N) is 1. The normalized spacial score (nSPS) is 17.0. The molecule has 224 valence electrons. The highest BCUT2D eigenvalue weighted by Crippen LogP contribution is 2.39. The molecule has 0 radical (unpaired) electrons. The van der Waals surface area contributed by atoms with Gasteiger partial charge in [0.2, 0.25) is 0 Å². The highest BCUT2D eigenvalue weighted by Gasteiger charge is 2.50. The summed E-state index contributed by atoms with van der Waals surface area (Å²) in [5.74, 6) is -1.87. The number of halogens is 3. The third-order valence-corrected chi connectivity index (χ3v) is 8.52. The zero-order chi connectivity index (χ0) is 29.7. The van der Waals surface area contributed by atoms with E-state index in [1.54, 1.807) is 0 Å². The molecular formula is C28H35ClF2N4O5S. The Hall–Kier alpha value is -2.96. The van der Waals surface area contributed by atoms with Crippen molar-refractivity contribution in [1.29, 1.82) is 0 Å². The lowest BCUT2D eigenvalue weighted by Crippen LogP contribution is -2.42. The second-order valence-corrected chi connectivity index (χ2v) is 12.6. The average molecular weight is 613 g/mol. The van der Waals surface area contributed by atoms with Crippen LogP contribution in [0.15, 0.2) is 30.3 Å². The Bertz CT molecular complexity index is 1300. The summed E-state index contributed by atoms with van der Waals surface area (Å²) in [4.78, 5) is 26.2. The Morgan fingerprint density at radius 3 is 2.39 bits per heavy atom. The van der Waals surface area contributed by atoms with E-state index in [9.17, 15) is 22.7 Å². The molecule has 3 amide bonds. The number of nitrogens with one attached hydrogen (secondary N) is 3. The first kappa shape index (κ1) is 31.0. The zero-order valence-corrected chi connectivity index (χ0v) is 24.5. The summed E-state index contributed by atoms with van der Waals surface area (Å²) in [5.41, 5.74) is 0.162. The maximum atomic E-state index is 15.9. The lowest BCUT2D eigenvalue weighted by molar-refractivity contribution is -0.123. The van der Waals surface area contributed by atoms with Crippen LogP contribution in [0.4, 0.5) is 30.6 Å². The lowest BCUT2D eigenvalue weighted by atomic mass is 9.93. The Balaban J connectivity index is 1.61. The number of carbonyl (C=O) groups excluding carboxylic acids is 2. The number of urea groups is 1. The van der Waals surface area contributed by atoms with E-state index in [-0.39, 0.29) is 39.8 Å². The van der Waals surface area contributed by atoms with E-state index < -0.39 is 46.1 Å². The molecule has 2 aliphatic carbocycles. The van der Waals surface area contributed by atoms with Crippen LogP contribution in [0, 0.1) is 17.6 Å². The summed E-state index contributed by atoms with van der Waals surface area (Å²) in [7, 11) is 0. The fourth-order valence-electron chi connectivity index (χ4n) is 5.02. The van der Waals surface area contributed by atoms with Crippen molar-refractivity contribution in [3.8, 4) is 5.75 Å². The topological polar surface area (TPSA) is 120 Å². The lowest BCUT2D eigenvalue weighted by Gasteiger charge is -2.38. The van der Waals surface area contributed by atoms with E-state index in [0.717, 1.165) is 44.2 Å². The summed E-state index contributed by atoms with van der Waals surface area (Å²) in [5, 5.41) is 7.72. The number of anilines is 3. The van der Waals surface area contributed by atoms with E-state index >= 15 is 4.39 Å². The highest BCUT2D eigenvalue weighted by molar-refractivity contribution is 7.81. The van der Waals surface area contributed by atoms with Crippen LogP contribution in [0.3, 0.4) is 0 Å². The van der Waals surface area contributed by atoms with Gasteiger partial charge in [-0.15, -0.1) is 0 Å². The van der Waals surface area contributed by atoms with Gasteiger partial charge in [0.15, 0.2) is 23.5 Å². The van der Waals surface area contributed by atoms with Crippen LogP contribution in [-0.2, 0) is 15.9 Å². The van der Waals surface area contributed by atoms with Gasteiger partial charge < -0.3 is 30.1 Å². The van der Waals surface area contributed by atoms with E-state index in [1.807, 2.05) is 18.7 Å². The van der Waals surface area contributed by atoms with Crippen molar-refractivity contribution in [2.45, 2.75) is 69.7 Å². The second-order valence-electron chi connectivity index (χ2n) is 10.9. The molecule has 41 heavy (non-hydrogen) atoms. The van der Waals surface area contributed by atoms with Crippen LogP contribution in [0.2, 0.25) is 5.02 Å². The van der Waals surface area contributed by atoms with Gasteiger partial charge >= 0.3 is 6.03 Å². The van der Waals surface area contributed by atoms with Gasteiger partial charge in [0.05, 0.1) is 17.1 Å². The Morgan fingerprint density at radius 1 is 1.10 bits per heavy atom. The van der Waals surface area contributed by atoms with Crippen molar-refractivity contribution in [3.05, 3.63) is 47.0 Å². The van der Waals surface area contributed by atoms with Crippen LogP contribution < -0.4 is 25.6 Å². The fourth-order valence-corrected chi connectivity index (χ4v) is 5.83. The van der Waals surface area contributed by atoms with Crippen molar-refractivity contribution in [2.75, 3.05) is 28.7 Å². The minimum atomic E-state index is -2.23. The maximum Gasteiger partial charge on any atom is 0.323 e. The van der Waals surface area contributed by atoms with Gasteiger partial charge in [-0.3, -0.25) is 4.79 Å². The van der Waals surface area contributed by atoms with E-state index in [1.165, 1.54) is 18.2 Å². The standard InChI is InChI=1S/C28H35ClF2N4O5S/c1-17(2)15-35(19-6-4-3-5-7-19)26-22(31)13-20(40-16-25(36)34-28(10-11-28)41(38)39)14-24(26)33-27(37)32-23-9-8-18(29)12-21(23)30/h8-9,12-14,17,19H,3-7,10-11,15-16H2,1-2H3,(H,34,36)(H,38,39)(H2,32,33,37). The first-order valence-corrected chi connectivity index (χ1v) is 15.1. The molecule has 0 aliphatic heterocycles. The SMILES string of the molecule is CC(C)CN(c1c(F)cc(OCC(=O)NC2(S(=O)O)CC2)cc1NC(=O)Nc1ccc(Cl)cc1F)C1CCCCC1. The van der Waals surface area contributed by atoms with Crippen molar-refractivity contribution in [2.24, 2.45) is 5.92 Å². The number of rotatable bonds is 11. The third kappa shape index (κ3) is 8.08. The largest absolute Gasteiger partial charge is 0.484 e. The quantitative estimate of drug-likeness (QED) is 0.222. The Morgan fingerprint density at radius 2 is 1.78 bits per heavy atom. The smallest absolute Gasteiger partial charge is 0.323 e. The number of amides is 3. The molecule has 1 atom stereocenters. The number of hydrogen-bond acceptors (Lipinski definition) is 5. The van der Waals surface area contributed by atoms with Crippen LogP contribution in [0.25, 0.3) is 0 Å². The van der Waals surface area contributed by atoms with Crippen LogP contribution >= 0.6 is 11.6 Å². The van der Waals surface area contributed by atoms with Gasteiger partial charge in [-0.25, -0.2) is 17.8 Å². The first-order chi connectivity index (χ1) is 19.5. The summed E-state index contributed by atoms with van der Waals surface area (Å²) in [6.45, 7) is 4.06. The minimum Gasteiger partial charge on any atom is -0.484 e. The van der Waals surface area contributed by atoms with Gasteiger partial charge in [-0.05, 0) is 49.8 Å². The monoisotopic (exact) mass is 612 g/mol. The molecule has 2 aromatic rings. The molecule has 0 bridgehead atoms. The molecule has 4 rings (SSSR count). The minimum absolute atomic E-state index is 0.0301. The average Bonchev–Trinajstić information content (AvgIpc) is 3.69. The van der Waals surface area contributed by atoms with Gasteiger partial charge in [0.1, 0.15) is 16.4 Å². The third-order valence-electron chi connectivity index (χ3n) is 7.10. The van der Waals surface area contributed by atoms with Crippen LogP contribution in [0.1, 0.15) is 58.8 Å². The van der Waals surface area contributed by atoms with Crippen LogP contribution in [0.5, 0.6) is 5.75 Å². The van der Waals surface area contributed by atoms with Gasteiger partial charge in [-0.1, -0.05) is 44.7 Å². The zero-order valence-electron chi connectivity index (χ0n) is 23.0. The summed E-state index contributed by atoms with van der Waals surface area (Å²) < 4.78 is 56.7. The molecule has 2 fully saturated rings. The van der Waals surface area contributed by atoms with Crippen LogP contribution in [-0.4, -0.2) is 44.8 Å². The van der Waals surface area contributed by atoms with E-state index in [4.69, 9.17) is 16.3 Å². The van der Waals surface area contributed by atoms with Crippen molar-refractivity contribution in [1.82, 2.24) is 5.32 Å². The van der Waals surface area contributed by atoms with Gasteiger partial charge in [0, 0.05) is 29.7 Å². The molecule has 0 heterocycles. The molecule has 2 aromatic carbocycles. The second kappa shape index (κ2) is 13.3. The molecular weight excluding hydrogens is 578 g/mol. The molecule has 13 heteroatoms. The number of hydrogen-bond donors (Lipinski definition) is 4. The van der Waals surface area contributed by atoms with Crippen molar-refractivity contribution < 1.29 is 31.9 Å². The van der Waals surface area contributed by atoms with Crippen molar-refractivity contribution in [3.63, 3.8) is 0 Å². The highest BCUT2D eigenvalue weighted by atomic mass is 35.5. The number of benzene rings is 2. The van der Waals surface area contributed by atoms with Gasteiger partial charge in [-0.2, -0.15) is 0 Å². The maximum absolute atomic E-state index is 15.9. The summed E-state index contributed by atoms with van der Waals surface area (Å²) >= 11 is 3.58. The molecule has 0 aromatic heterocycles. The Labute approximate surface area is 245 Å². The predicted octanol–water partition coefficient (Wildman–Crippen LogP) is 6.26. The number of ether oxygens (including phenoxy) is 1. The van der Waals surface area contributed by atoms with Crippen molar-refractivity contribution >= 4 is 51.7 Å². The molecule has 9 nitrogen and oxygen atoms in total. The fraction of sp³-hybridized carbons (Fsp3) is 0.500. The molecule has 1 unspecified atom stereocenters. The van der Waals surface area contributed by atoms with E-state index in [0.29, 0.717) is 19.4 Å². The summed E-state index contributed by atoms with van der Waals surface area (Å²) in [6.07, 6.45) is 5.62. The predicted molar refractivity (Wildman–Crippen MR) is 156 cm³/mol. The Kier molecular flexibility index (Phi) is 10.1. The molecule has 2 saturated carbocycles. The molecule has 0 spiro atoms. The summed E-state index contributed by atoms with van der Waals surface area (Å²) in [6, 6.07) is 5.62. The first-order valence-electron chi connectivity index (χ1n) is 13.7. The molecule has 2 aliphatic rings. The van der Waals surface area contributed by atoms with E-state index in [2.05, 4.69) is 16.0 Å². The van der Waals surface area contributed by atoms with Gasteiger partial charge in [0.25, 0.3) is 5.91 Å². The number of carbonyl (C=O) groups is 2. The molecule has 0 saturated heterocycles. The molecule has 4 N–H and O–H groups in total.